The smallest absolute Gasteiger partial charge is 0.182 e. The molecule has 0 aliphatic heterocycles. The standard InChI is InChI=1S/C8H8ClNO/c9-4-1-2-7-6-8(11)3-5-10-7/h1-3,5-6H,4H2,(H,10,11). The van der Waals surface area contributed by atoms with E-state index >= 15 is 0 Å². The summed E-state index contributed by atoms with van der Waals surface area (Å²) >= 11 is 5.41. The van der Waals surface area contributed by atoms with Crippen molar-refractivity contribution in [3.05, 3.63) is 40.3 Å². The largest absolute Gasteiger partial charge is 0.361 e. The first-order valence-corrected chi connectivity index (χ1v) is 3.77. The van der Waals surface area contributed by atoms with Crippen LogP contribution in [0, 0.1) is 0 Å². The van der Waals surface area contributed by atoms with Gasteiger partial charge in [0.25, 0.3) is 0 Å². The quantitative estimate of drug-likeness (QED) is 0.671. The fraction of sp³-hybridized carbons (Fsp3) is 0.125. The molecule has 1 rings (SSSR count). The lowest BCUT2D eigenvalue weighted by atomic mass is 10.3. The molecule has 0 aliphatic rings. The predicted octanol–water partition coefficient (Wildman–Crippen LogP) is 1.63. The fourth-order valence-corrected chi connectivity index (χ4v) is 0.820. The highest BCUT2D eigenvalue weighted by atomic mass is 35.5. The Hall–Kier alpha value is -1.02. The molecular formula is C8H8ClNO. The Balaban J connectivity index is 2.88. The number of halogens is 1. The molecule has 0 unspecified atom stereocenters. The molecule has 1 heterocycles. The van der Waals surface area contributed by atoms with E-state index in [0.29, 0.717) is 5.88 Å². The van der Waals surface area contributed by atoms with E-state index in [1.54, 1.807) is 18.3 Å². The van der Waals surface area contributed by atoms with Gasteiger partial charge in [-0.3, -0.25) is 4.79 Å². The molecule has 0 bridgehead atoms. The average Bonchev–Trinajstić information content (AvgIpc) is 2.01. The number of hydrogen-bond donors (Lipinski definition) is 1. The summed E-state index contributed by atoms with van der Waals surface area (Å²) in [6, 6.07) is 2.99. The van der Waals surface area contributed by atoms with Crippen LogP contribution >= 0.6 is 11.6 Å². The van der Waals surface area contributed by atoms with E-state index in [0.717, 1.165) is 5.69 Å². The van der Waals surface area contributed by atoms with Gasteiger partial charge < -0.3 is 4.98 Å². The van der Waals surface area contributed by atoms with E-state index in [9.17, 15) is 4.79 Å². The van der Waals surface area contributed by atoms with Crippen LogP contribution < -0.4 is 5.43 Å². The first-order chi connectivity index (χ1) is 5.33. The maximum atomic E-state index is 10.8. The van der Waals surface area contributed by atoms with Crippen molar-refractivity contribution in [3.63, 3.8) is 0 Å². The third kappa shape index (κ3) is 2.60. The second-order valence-corrected chi connectivity index (χ2v) is 2.34. The van der Waals surface area contributed by atoms with Crippen molar-refractivity contribution in [2.24, 2.45) is 0 Å². The topological polar surface area (TPSA) is 32.9 Å². The summed E-state index contributed by atoms with van der Waals surface area (Å²) in [6.45, 7) is 0. The highest BCUT2D eigenvalue weighted by Crippen LogP contribution is 1.92. The number of pyridine rings is 1. The highest BCUT2D eigenvalue weighted by molar-refractivity contribution is 6.19. The Labute approximate surface area is 69.5 Å². The summed E-state index contributed by atoms with van der Waals surface area (Å²) in [5.41, 5.74) is 0.774. The molecule has 0 saturated carbocycles. The number of aromatic amines is 1. The van der Waals surface area contributed by atoms with Crippen molar-refractivity contribution in [3.8, 4) is 0 Å². The van der Waals surface area contributed by atoms with E-state index in [4.69, 9.17) is 11.6 Å². The van der Waals surface area contributed by atoms with Gasteiger partial charge in [-0.15, -0.1) is 11.6 Å². The minimum atomic E-state index is -0.00188. The van der Waals surface area contributed by atoms with Crippen LogP contribution in [0.4, 0.5) is 0 Å². The average molecular weight is 170 g/mol. The maximum absolute atomic E-state index is 10.8. The number of hydrogen-bond acceptors (Lipinski definition) is 1. The van der Waals surface area contributed by atoms with Gasteiger partial charge in [0.15, 0.2) is 5.43 Å². The highest BCUT2D eigenvalue weighted by Gasteiger charge is 1.85. The third-order valence-corrected chi connectivity index (χ3v) is 1.36. The van der Waals surface area contributed by atoms with Crippen LogP contribution in [-0.4, -0.2) is 10.9 Å². The van der Waals surface area contributed by atoms with Gasteiger partial charge in [0, 0.05) is 29.9 Å². The molecule has 0 atom stereocenters. The van der Waals surface area contributed by atoms with Gasteiger partial charge in [-0.2, -0.15) is 0 Å². The molecule has 0 aliphatic carbocycles. The Morgan fingerprint density at radius 1 is 1.64 bits per heavy atom. The van der Waals surface area contributed by atoms with Crippen molar-refractivity contribution in [1.29, 1.82) is 0 Å². The SMILES string of the molecule is O=c1cc[nH]c(C=CCCl)c1. The predicted molar refractivity (Wildman–Crippen MR) is 46.8 cm³/mol. The molecule has 0 fully saturated rings. The number of nitrogens with one attached hydrogen (secondary N) is 1. The summed E-state index contributed by atoms with van der Waals surface area (Å²) < 4.78 is 0. The van der Waals surface area contributed by atoms with Crippen molar-refractivity contribution in [1.82, 2.24) is 4.98 Å². The van der Waals surface area contributed by atoms with E-state index < -0.39 is 0 Å². The van der Waals surface area contributed by atoms with Gasteiger partial charge in [0.2, 0.25) is 0 Å². The number of H-pyrrole nitrogens is 1. The van der Waals surface area contributed by atoms with E-state index in [1.165, 1.54) is 12.1 Å². The molecule has 11 heavy (non-hydrogen) atoms. The first kappa shape index (κ1) is 8.08. The van der Waals surface area contributed by atoms with Crippen LogP contribution in [-0.2, 0) is 0 Å². The van der Waals surface area contributed by atoms with Gasteiger partial charge in [-0.25, -0.2) is 0 Å². The summed E-state index contributed by atoms with van der Waals surface area (Å²) in [7, 11) is 0. The van der Waals surface area contributed by atoms with Crippen molar-refractivity contribution in [2.75, 3.05) is 5.88 Å². The Bertz CT molecular complexity index is 303. The minimum absolute atomic E-state index is 0.00188. The molecule has 0 aromatic carbocycles. The van der Waals surface area contributed by atoms with Crippen LogP contribution in [0.25, 0.3) is 6.08 Å². The summed E-state index contributed by atoms with van der Waals surface area (Å²) in [5.74, 6) is 0.455. The van der Waals surface area contributed by atoms with Crippen LogP contribution in [0.3, 0.4) is 0 Å². The maximum Gasteiger partial charge on any atom is 0.182 e. The zero-order chi connectivity index (χ0) is 8.10. The monoisotopic (exact) mass is 169 g/mol. The Morgan fingerprint density at radius 2 is 2.45 bits per heavy atom. The van der Waals surface area contributed by atoms with Crippen molar-refractivity contribution < 1.29 is 0 Å². The lowest BCUT2D eigenvalue weighted by Gasteiger charge is -1.89. The lowest BCUT2D eigenvalue weighted by molar-refractivity contribution is 1.27. The second-order valence-electron chi connectivity index (χ2n) is 2.04. The summed E-state index contributed by atoms with van der Waals surface area (Å²) in [4.78, 5) is 13.7. The fourth-order valence-electron chi connectivity index (χ4n) is 0.731. The third-order valence-electron chi connectivity index (χ3n) is 1.18. The van der Waals surface area contributed by atoms with E-state index in [-0.39, 0.29) is 5.43 Å². The molecule has 1 aromatic rings. The van der Waals surface area contributed by atoms with Gasteiger partial charge in [0.1, 0.15) is 0 Å². The molecule has 58 valence electrons. The molecule has 2 nitrogen and oxygen atoms in total. The summed E-state index contributed by atoms with van der Waals surface area (Å²) in [6.07, 6.45) is 5.15. The van der Waals surface area contributed by atoms with Crippen LogP contribution in [0.5, 0.6) is 0 Å². The number of rotatable bonds is 2. The van der Waals surface area contributed by atoms with Crippen LogP contribution in [0.1, 0.15) is 5.69 Å². The Morgan fingerprint density at radius 3 is 3.09 bits per heavy atom. The summed E-state index contributed by atoms with van der Waals surface area (Å²) in [5, 5.41) is 0. The van der Waals surface area contributed by atoms with Gasteiger partial charge in [-0.1, -0.05) is 6.08 Å². The molecular weight excluding hydrogens is 162 g/mol. The van der Waals surface area contributed by atoms with Gasteiger partial charge >= 0.3 is 0 Å². The second kappa shape index (κ2) is 3.98. The number of alkyl halides is 1. The number of allylic oxidation sites excluding steroid dienone is 1. The molecule has 0 spiro atoms. The normalized spacial score (nSPS) is 10.6. The number of aromatic nitrogens is 1. The molecule has 1 N–H and O–H groups in total. The van der Waals surface area contributed by atoms with Crippen LogP contribution in [0.2, 0.25) is 0 Å². The van der Waals surface area contributed by atoms with Crippen molar-refractivity contribution in [2.45, 2.75) is 0 Å². The lowest BCUT2D eigenvalue weighted by Crippen LogP contribution is -1.97. The molecule has 0 radical (unpaired) electrons. The van der Waals surface area contributed by atoms with E-state index in [2.05, 4.69) is 4.98 Å². The minimum Gasteiger partial charge on any atom is -0.361 e. The molecule has 3 heteroatoms. The van der Waals surface area contributed by atoms with Gasteiger partial charge in [0.05, 0.1) is 0 Å². The zero-order valence-electron chi connectivity index (χ0n) is 5.88. The first-order valence-electron chi connectivity index (χ1n) is 3.24. The molecule has 1 aromatic heterocycles. The van der Waals surface area contributed by atoms with Gasteiger partial charge in [-0.05, 0) is 6.08 Å². The zero-order valence-corrected chi connectivity index (χ0v) is 6.64. The van der Waals surface area contributed by atoms with E-state index in [1.807, 2.05) is 0 Å². The molecule has 0 amide bonds. The van der Waals surface area contributed by atoms with Crippen LogP contribution in [0.15, 0.2) is 29.2 Å². The Kier molecular flexibility index (Phi) is 2.93. The molecule has 0 saturated heterocycles. The van der Waals surface area contributed by atoms with Crippen molar-refractivity contribution >= 4 is 17.7 Å².